The number of fused-ring (bicyclic) bond motifs is 3. The van der Waals surface area contributed by atoms with E-state index in [9.17, 15) is 0 Å². The zero-order chi connectivity index (χ0) is 22.1. The highest BCUT2D eigenvalue weighted by Gasteiger charge is 2.20. The summed E-state index contributed by atoms with van der Waals surface area (Å²) >= 11 is 1.89. The van der Waals surface area contributed by atoms with Gasteiger partial charge in [0, 0.05) is 4.70 Å². The van der Waals surface area contributed by atoms with E-state index in [0.717, 1.165) is 0 Å². The SMILES string of the molecule is CCCc1c(CCC)c(CCC)c2cc3c(C)c4sccc4c(C)c3cc2c1CCC. The highest BCUT2D eigenvalue weighted by atomic mass is 32.1. The van der Waals surface area contributed by atoms with E-state index in [4.69, 9.17) is 0 Å². The van der Waals surface area contributed by atoms with E-state index < -0.39 is 0 Å². The van der Waals surface area contributed by atoms with E-state index in [1.54, 1.807) is 27.6 Å². The van der Waals surface area contributed by atoms with Gasteiger partial charge in [-0.2, -0.15) is 0 Å². The molecule has 4 aromatic rings. The third-order valence-electron chi connectivity index (χ3n) is 7.12. The van der Waals surface area contributed by atoms with Crippen molar-refractivity contribution < 1.29 is 0 Å². The molecule has 0 aliphatic carbocycles. The molecule has 31 heavy (non-hydrogen) atoms. The Labute approximate surface area is 192 Å². The van der Waals surface area contributed by atoms with Crippen LogP contribution in [-0.4, -0.2) is 0 Å². The molecule has 0 saturated heterocycles. The minimum Gasteiger partial charge on any atom is -0.144 e. The molecule has 0 spiro atoms. The molecule has 1 heterocycles. The van der Waals surface area contributed by atoms with Gasteiger partial charge in [0.1, 0.15) is 0 Å². The Morgan fingerprint density at radius 3 is 1.48 bits per heavy atom. The van der Waals surface area contributed by atoms with Crippen molar-refractivity contribution in [1.29, 1.82) is 0 Å². The first-order valence-electron chi connectivity index (χ1n) is 12.5. The Morgan fingerprint density at radius 2 is 1.00 bits per heavy atom. The van der Waals surface area contributed by atoms with Crippen LogP contribution in [0.4, 0.5) is 0 Å². The molecular weight excluding hydrogens is 392 g/mol. The second kappa shape index (κ2) is 9.33. The van der Waals surface area contributed by atoms with Crippen molar-refractivity contribution in [2.45, 2.75) is 92.9 Å². The molecule has 3 aromatic carbocycles. The summed E-state index contributed by atoms with van der Waals surface area (Å²) in [5.74, 6) is 0. The molecule has 0 aliphatic heterocycles. The van der Waals surface area contributed by atoms with E-state index in [0.29, 0.717) is 0 Å². The average Bonchev–Trinajstić information content (AvgIpc) is 3.26. The topological polar surface area (TPSA) is 0 Å². The molecule has 0 radical (unpaired) electrons. The van der Waals surface area contributed by atoms with Gasteiger partial charge in [0.15, 0.2) is 0 Å². The minimum atomic E-state index is 1.19. The van der Waals surface area contributed by atoms with Gasteiger partial charge in [0.25, 0.3) is 0 Å². The predicted octanol–water partition coefficient (Wildman–Crippen LogP) is 9.63. The van der Waals surface area contributed by atoms with Crippen molar-refractivity contribution in [3.05, 3.63) is 57.0 Å². The molecule has 0 amide bonds. The van der Waals surface area contributed by atoms with Crippen LogP contribution in [0.25, 0.3) is 31.6 Å². The van der Waals surface area contributed by atoms with Gasteiger partial charge in [-0.25, -0.2) is 0 Å². The first-order valence-corrected chi connectivity index (χ1v) is 13.3. The number of thiophene rings is 1. The van der Waals surface area contributed by atoms with Gasteiger partial charge in [-0.1, -0.05) is 53.4 Å². The average molecular weight is 431 g/mol. The molecule has 0 saturated carbocycles. The lowest BCUT2D eigenvalue weighted by Crippen LogP contribution is -2.07. The largest absolute Gasteiger partial charge is 0.144 e. The fourth-order valence-electron chi connectivity index (χ4n) is 5.75. The summed E-state index contributed by atoms with van der Waals surface area (Å²) in [5.41, 5.74) is 9.58. The van der Waals surface area contributed by atoms with Crippen LogP contribution in [0.2, 0.25) is 0 Å². The van der Waals surface area contributed by atoms with Crippen LogP contribution in [0, 0.1) is 13.8 Å². The highest BCUT2D eigenvalue weighted by molar-refractivity contribution is 7.17. The monoisotopic (exact) mass is 430 g/mol. The molecule has 1 aromatic heterocycles. The van der Waals surface area contributed by atoms with Gasteiger partial charge in [-0.15, -0.1) is 11.3 Å². The van der Waals surface area contributed by atoms with Crippen LogP contribution in [0.15, 0.2) is 23.6 Å². The van der Waals surface area contributed by atoms with Crippen LogP contribution in [0.1, 0.15) is 86.8 Å². The van der Waals surface area contributed by atoms with Crippen LogP contribution < -0.4 is 0 Å². The number of benzene rings is 3. The van der Waals surface area contributed by atoms with Gasteiger partial charge < -0.3 is 0 Å². The van der Waals surface area contributed by atoms with Crippen molar-refractivity contribution in [2.75, 3.05) is 0 Å². The van der Waals surface area contributed by atoms with Crippen LogP contribution in [0.5, 0.6) is 0 Å². The number of aryl methyl sites for hydroxylation is 4. The van der Waals surface area contributed by atoms with Gasteiger partial charge >= 0.3 is 0 Å². The Kier molecular flexibility index (Phi) is 6.72. The maximum Gasteiger partial charge on any atom is 0.0380 e. The van der Waals surface area contributed by atoms with Crippen molar-refractivity contribution in [2.24, 2.45) is 0 Å². The molecule has 0 bridgehead atoms. The quantitative estimate of drug-likeness (QED) is 0.244. The molecule has 4 rings (SSSR count). The summed E-state index contributed by atoms with van der Waals surface area (Å²) in [5, 5.41) is 9.70. The normalized spacial score (nSPS) is 11.9. The third kappa shape index (κ3) is 3.69. The fourth-order valence-corrected chi connectivity index (χ4v) is 6.72. The summed E-state index contributed by atoms with van der Waals surface area (Å²) in [6, 6.07) is 7.46. The second-order valence-electron chi connectivity index (χ2n) is 9.27. The molecule has 0 N–H and O–H groups in total. The standard InChI is InChI=1S/C30H38S/c1-7-11-22-23(12-8-2)25(14-10-4)29-18-27-20(6)30-21(15-16-31-30)19(5)26(27)17-28(29)24(22)13-9-3/h15-18H,7-14H2,1-6H3. The maximum atomic E-state index is 2.57. The third-order valence-corrected chi connectivity index (χ3v) is 8.15. The minimum absolute atomic E-state index is 1.19. The summed E-state index contributed by atoms with van der Waals surface area (Å²) in [7, 11) is 0. The summed E-state index contributed by atoms with van der Waals surface area (Å²) in [6.45, 7) is 14.0. The maximum absolute atomic E-state index is 2.57. The van der Waals surface area contributed by atoms with Crippen molar-refractivity contribution >= 4 is 43.0 Å². The van der Waals surface area contributed by atoms with Crippen LogP contribution in [-0.2, 0) is 25.7 Å². The molecule has 0 atom stereocenters. The Balaban J connectivity index is 2.22. The van der Waals surface area contributed by atoms with Crippen LogP contribution in [0.3, 0.4) is 0 Å². The predicted molar refractivity (Wildman–Crippen MR) is 142 cm³/mol. The van der Waals surface area contributed by atoms with E-state index in [2.05, 4.69) is 65.1 Å². The number of hydrogen-bond acceptors (Lipinski definition) is 1. The smallest absolute Gasteiger partial charge is 0.0380 e. The lowest BCUT2D eigenvalue weighted by Gasteiger charge is -2.24. The lowest BCUT2D eigenvalue weighted by molar-refractivity contribution is 0.810. The Hall–Kier alpha value is -1.86. The van der Waals surface area contributed by atoms with Gasteiger partial charge in [-0.05, 0) is 123 Å². The van der Waals surface area contributed by atoms with E-state index in [-0.39, 0.29) is 0 Å². The van der Waals surface area contributed by atoms with Crippen molar-refractivity contribution in [3.63, 3.8) is 0 Å². The van der Waals surface area contributed by atoms with E-state index >= 15 is 0 Å². The van der Waals surface area contributed by atoms with Crippen molar-refractivity contribution in [1.82, 2.24) is 0 Å². The lowest BCUT2D eigenvalue weighted by atomic mass is 9.81. The second-order valence-corrected chi connectivity index (χ2v) is 10.2. The Bertz CT molecular complexity index is 1140. The van der Waals surface area contributed by atoms with Crippen LogP contribution >= 0.6 is 11.3 Å². The zero-order valence-corrected chi connectivity index (χ0v) is 21.2. The van der Waals surface area contributed by atoms with E-state index in [1.165, 1.54) is 88.7 Å². The van der Waals surface area contributed by atoms with Gasteiger partial charge in [0.2, 0.25) is 0 Å². The number of rotatable bonds is 8. The first kappa shape index (κ1) is 22.3. The summed E-state index contributed by atoms with van der Waals surface area (Å²) < 4.78 is 1.46. The molecule has 0 fully saturated rings. The van der Waals surface area contributed by atoms with Crippen molar-refractivity contribution in [3.8, 4) is 0 Å². The molecule has 0 unspecified atom stereocenters. The van der Waals surface area contributed by atoms with Gasteiger partial charge in [0.05, 0.1) is 0 Å². The zero-order valence-electron chi connectivity index (χ0n) is 20.4. The molecule has 0 nitrogen and oxygen atoms in total. The number of hydrogen-bond donors (Lipinski definition) is 0. The summed E-state index contributed by atoms with van der Waals surface area (Å²) in [6.07, 6.45) is 9.71. The molecule has 164 valence electrons. The first-order chi connectivity index (χ1) is 15.1. The van der Waals surface area contributed by atoms with Gasteiger partial charge in [-0.3, -0.25) is 0 Å². The highest BCUT2D eigenvalue weighted by Crippen LogP contribution is 2.41. The Morgan fingerprint density at radius 1 is 0.548 bits per heavy atom. The molecular formula is C30H38S. The summed E-state index contributed by atoms with van der Waals surface area (Å²) in [4.78, 5) is 0. The molecule has 1 heteroatoms. The molecule has 0 aliphatic rings. The van der Waals surface area contributed by atoms with E-state index in [1.807, 2.05) is 11.3 Å². The fraction of sp³-hybridized carbons (Fsp3) is 0.467.